The summed E-state index contributed by atoms with van der Waals surface area (Å²) in [5, 5.41) is 5.17. The number of aromatic nitrogens is 4. The number of thioether (sulfide) groups is 1. The zero-order valence-corrected chi connectivity index (χ0v) is 16.2. The van der Waals surface area contributed by atoms with E-state index < -0.39 is 0 Å². The van der Waals surface area contributed by atoms with Gasteiger partial charge in [0, 0.05) is 10.9 Å². The Morgan fingerprint density at radius 3 is 2.46 bits per heavy atom. The first-order valence-corrected chi connectivity index (χ1v) is 9.48. The van der Waals surface area contributed by atoms with Gasteiger partial charge in [-0.1, -0.05) is 16.9 Å². The monoisotopic (exact) mass is 364 g/mol. The van der Waals surface area contributed by atoms with Crippen molar-refractivity contribution >= 4 is 33.3 Å². The molecular formula is C16H20N4O2S2. The van der Waals surface area contributed by atoms with E-state index in [2.05, 4.69) is 10.1 Å². The molecule has 0 aliphatic rings. The number of nitrogens with zero attached hydrogens (tertiary/aromatic N) is 4. The van der Waals surface area contributed by atoms with Gasteiger partial charge in [0.15, 0.2) is 11.0 Å². The molecule has 0 spiro atoms. The lowest BCUT2D eigenvalue weighted by atomic mass is 10.2. The smallest absolute Gasteiger partial charge is 0.263 e. The van der Waals surface area contributed by atoms with Gasteiger partial charge < -0.3 is 4.52 Å². The van der Waals surface area contributed by atoms with Crippen molar-refractivity contribution in [3.63, 3.8) is 0 Å². The van der Waals surface area contributed by atoms with Gasteiger partial charge in [-0.2, -0.15) is 4.98 Å². The predicted molar refractivity (Wildman–Crippen MR) is 97.0 cm³/mol. The lowest BCUT2D eigenvalue weighted by Gasteiger charge is -2.16. The second-order valence-corrected chi connectivity index (χ2v) is 8.58. The van der Waals surface area contributed by atoms with Crippen LogP contribution in [0.3, 0.4) is 0 Å². The Morgan fingerprint density at radius 1 is 1.17 bits per heavy atom. The molecule has 0 radical (unpaired) electrons. The molecule has 1 unspecified atom stereocenters. The maximum absolute atomic E-state index is 13.0. The normalized spacial score (nSPS) is 13.1. The van der Waals surface area contributed by atoms with E-state index in [-0.39, 0.29) is 16.9 Å². The fourth-order valence-electron chi connectivity index (χ4n) is 2.51. The van der Waals surface area contributed by atoms with Crippen molar-refractivity contribution in [3.8, 4) is 0 Å². The molecule has 3 aromatic heterocycles. The fraction of sp³-hybridized carbons (Fsp3) is 0.500. The quantitative estimate of drug-likeness (QED) is 0.510. The van der Waals surface area contributed by atoms with Gasteiger partial charge in [0.05, 0.1) is 10.6 Å². The molecule has 24 heavy (non-hydrogen) atoms. The molecule has 1 atom stereocenters. The van der Waals surface area contributed by atoms with Gasteiger partial charge in [-0.25, -0.2) is 4.98 Å². The van der Waals surface area contributed by atoms with Crippen LogP contribution in [0.4, 0.5) is 0 Å². The highest BCUT2D eigenvalue weighted by atomic mass is 32.2. The molecule has 8 heteroatoms. The van der Waals surface area contributed by atoms with E-state index in [9.17, 15) is 4.79 Å². The van der Waals surface area contributed by atoms with E-state index >= 15 is 0 Å². The number of fused-ring (bicyclic) bond motifs is 1. The third kappa shape index (κ3) is 2.88. The summed E-state index contributed by atoms with van der Waals surface area (Å²) < 4.78 is 7.00. The van der Waals surface area contributed by atoms with Gasteiger partial charge >= 0.3 is 0 Å². The molecule has 0 aliphatic heterocycles. The molecule has 6 nitrogen and oxygen atoms in total. The maximum atomic E-state index is 13.0. The van der Waals surface area contributed by atoms with Gasteiger partial charge in [-0.05, 0) is 47.1 Å². The zero-order valence-electron chi connectivity index (χ0n) is 14.6. The minimum atomic E-state index is -0.0808. The fourth-order valence-corrected chi connectivity index (χ4v) is 4.65. The molecule has 0 bridgehead atoms. The number of thiophene rings is 1. The molecule has 3 rings (SSSR count). The summed E-state index contributed by atoms with van der Waals surface area (Å²) >= 11 is 3.04. The molecule has 0 aromatic carbocycles. The van der Waals surface area contributed by atoms with Gasteiger partial charge in [-0.3, -0.25) is 9.36 Å². The maximum Gasteiger partial charge on any atom is 0.263 e. The van der Waals surface area contributed by atoms with Crippen LogP contribution in [0.5, 0.6) is 0 Å². The summed E-state index contributed by atoms with van der Waals surface area (Å²) in [6, 6.07) is 0.0214. The van der Waals surface area contributed by atoms with Crippen LogP contribution < -0.4 is 5.56 Å². The first-order valence-electron chi connectivity index (χ1n) is 7.78. The van der Waals surface area contributed by atoms with E-state index in [0.29, 0.717) is 16.9 Å². The molecule has 0 N–H and O–H groups in total. The van der Waals surface area contributed by atoms with Crippen molar-refractivity contribution in [1.82, 2.24) is 19.7 Å². The van der Waals surface area contributed by atoms with Crippen molar-refractivity contribution in [2.75, 3.05) is 0 Å². The standard InChI is InChI=1S/C16H20N4O2S2/c1-7(2)20-15(21)12-8(3)9(4)23-14(12)18-16(20)24-10(5)13-17-11(6)19-22-13/h7,10H,1-6H3. The minimum absolute atomic E-state index is 0.0214. The van der Waals surface area contributed by atoms with Crippen molar-refractivity contribution in [2.45, 2.75) is 58.0 Å². The summed E-state index contributed by atoms with van der Waals surface area (Å²) in [6.45, 7) is 11.8. The Kier molecular flexibility index (Phi) is 4.52. The van der Waals surface area contributed by atoms with Crippen molar-refractivity contribution in [2.24, 2.45) is 0 Å². The Hall–Kier alpha value is -1.67. The Labute approximate surface area is 148 Å². The molecule has 0 aliphatic carbocycles. The van der Waals surface area contributed by atoms with Crippen LogP contribution in [0.2, 0.25) is 0 Å². The van der Waals surface area contributed by atoms with Gasteiger partial charge in [0.2, 0.25) is 5.89 Å². The Morgan fingerprint density at radius 2 is 1.88 bits per heavy atom. The Balaban J connectivity index is 2.12. The lowest BCUT2D eigenvalue weighted by molar-refractivity contribution is 0.376. The minimum Gasteiger partial charge on any atom is -0.338 e. The topological polar surface area (TPSA) is 73.8 Å². The van der Waals surface area contributed by atoms with Crippen molar-refractivity contribution in [3.05, 3.63) is 32.5 Å². The molecule has 3 aromatic rings. The predicted octanol–water partition coefficient (Wildman–Crippen LogP) is 4.20. The SMILES string of the molecule is Cc1noc(C(C)Sc2nc3sc(C)c(C)c3c(=O)n2C(C)C)n1. The third-order valence-corrected chi connectivity index (χ3v) is 6.05. The molecule has 128 valence electrons. The van der Waals surface area contributed by atoms with E-state index in [4.69, 9.17) is 9.51 Å². The number of aryl methyl sites for hydroxylation is 3. The molecule has 0 saturated carbocycles. The molecular weight excluding hydrogens is 344 g/mol. The number of rotatable bonds is 4. The second kappa shape index (κ2) is 6.33. The first kappa shape index (κ1) is 17.2. The van der Waals surface area contributed by atoms with Crippen molar-refractivity contribution < 1.29 is 4.52 Å². The highest BCUT2D eigenvalue weighted by Crippen LogP contribution is 2.35. The van der Waals surface area contributed by atoms with E-state index in [1.54, 1.807) is 22.8 Å². The van der Waals surface area contributed by atoms with Crippen LogP contribution in [0.15, 0.2) is 14.5 Å². The highest BCUT2D eigenvalue weighted by molar-refractivity contribution is 7.99. The van der Waals surface area contributed by atoms with Crippen LogP contribution >= 0.6 is 23.1 Å². The van der Waals surface area contributed by atoms with E-state index in [1.165, 1.54) is 11.8 Å². The highest BCUT2D eigenvalue weighted by Gasteiger charge is 2.22. The first-order chi connectivity index (χ1) is 11.3. The largest absolute Gasteiger partial charge is 0.338 e. The van der Waals surface area contributed by atoms with E-state index in [1.807, 2.05) is 34.6 Å². The number of hydrogen-bond acceptors (Lipinski definition) is 7. The van der Waals surface area contributed by atoms with Crippen LogP contribution in [-0.2, 0) is 0 Å². The summed E-state index contributed by atoms with van der Waals surface area (Å²) in [6.07, 6.45) is 0. The average molecular weight is 364 g/mol. The second-order valence-electron chi connectivity index (χ2n) is 6.07. The summed E-state index contributed by atoms with van der Waals surface area (Å²) in [5.74, 6) is 1.15. The van der Waals surface area contributed by atoms with Gasteiger partial charge in [0.25, 0.3) is 5.56 Å². The molecule has 0 fully saturated rings. The third-order valence-electron chi connectivity index (χ3n) is 3.89. The molecule has 0 amide bonds. The number of hydrogen-bond donors (Lipinski definition) is 0. The molecule has 0 saturated heterocycles. The zero-order chi connectivity index (χ0) is 17.6. The summed E-state index contributed by atoms with van der Waals surface area (Å²) in [4.78, 5) is 24.0. The van der Waals surface area contributed by atoms with Gasteiger partial charge in [0.1, 0.15) is 4.83 Å². The Bertz CT molecular complexity index is 955. The summed E-state index contributed by atoms with van der Waals surface area (Å²) in [7, 11) is 0. The van der Waals surface area contributed by atoms with Crippen LogP contribution in [0.25, 0.3) is 10.2 Å². The van der Waals surface area contributed by atoms with Crippen LogP contribution in [-0.4, -0.2) is 19.7 Å². The molecule has 3 heterocycles. The lowest BCUT2D eigenvalue weighted by Crippen LogP contribution is -2.25. The van der Waals surface area contributed by atoms with Crippen molar-refractivity contribution in [1.29, 1.82) is 0 Å². The van der Waals surface area contributed by atoms with Crippen LogP contribution in [0, 0.1) is 20.8 Å². The summed E-state index contributed by atoms with van der Waals surface area (Å²) in [5.41, 5.74) is 1.05. The van der Waals surface area contributed by atoms with Crippen LogP contribution in [0.1, 0.15) is 54.2 Å². The van der Waals surface area contributed by atoms with E-state index in [0.717, 1.165) is 20.7 Å². The van der Waals surface area contributed by atoms with Gasteiger partial charge in [-0.15, -0.1) is 11.3 Å². The average Bonchev–Trinajstić information content (AvgIpc) is 3.03.